The van der Waals surface area contributed by atoms with E-state index in [9.17, 15) is 4.79 Å². The fraction of sp³-hybridized carbons (Fsp3) is 0.370. The first-order valence-corrected chi connectivity index (χ1v) is 12.0. The number of rotatable bonds is 10. The molecule has 1 aliphatic rings. The van der Waals surface area contributed by atoms with Crippen LogP contribution in [0, 0.1) is 0 Å². The molecule has 0 radical (unpaired) electrons. The summed E-state index contributed by atoms with van der Waals surface area (Å²) in [7, 11) is 5.76. The number of carbonyl (C=O) groups excluding carboxylic acids is 1. The Hall–Kier alpha value is -3.49. The topological polar surface area (TPSA) is 75.5 Å². The van der Waals surface area contributed by atoms with Crippen LogP contribution in [0.3, 0.4) is 0 Å². The van der Waals surface area contributed by atoms with Crippen molar-refractivity contribution in [2.24, 2.45) is 0 Å². The Balaban J connectivity index is 1.44. The summed E-state index contributed by atoms with van der Waals surface area (Å²) >= 11 is 0. The van der Waals surface area contributed by atoms with Crippen LogP contribution in [-0.4, -0.2) is 66.5 Å². The molecule has 8 nitrogen and oxygen atoms in total. The SMILES string of the molecule is COCCn1nc(C(=O)NCc2cccnc2)c2c1CCN(C/C=C/c1ccc(N(C)C)cc1)C2. The van der Waals surface area contributed by atoms with Crippen LogP contribution >= 0.6 is 0 Å². The van der Waals surface area contributed by atoms with Crippen molar-refractivity contribution in [2.75, 3.05) is 45.8 Å². The lowest BCUT2D eigenvalue weighted by Crippen LogP contribution is -2.33. The monoisotopic (exact) mass is 474 g/mol. The third-order valence-electron chi connectivity index (χ3n) is 6.19. The molecule has 0 saturated heterocycles. The van der Waals surface area contributed by atoms with Gasteiger partial charge in [-0.2, -0.15) is 5.10 Å². The number of ether oxygens (including phenoxy) is 1. The molecule has 8 heteroatoms. The molecule has 0 atom stereocenters. The molecule has 0 unspecified atom stereocenters. The zero-order chi connectivity index (χ0) is 24.6. The predicted molar refractivity (Wildman–Crippen MR) is 138 cm³/mol. The van der Waals surface area contributed by atoms with Crippen molar-refractivity contribution in [2.45, 2.75) is 26.1 Å². The average Bonchev–Trinajstić information content (AvgIpc) is 3.25. The summed E-state index contributed by atoms with van der Waals surface area (Å²) in [5.41, 5.74) is 5.97. The zero-order valence-electron chi connectivity index (χ0n) is 20.8. The second-order valence-electron chi connectivity index (χ2n) is 8.91. The number of aromatic nitrogens is 3. The van der Waals surface area contributed by atoms with Crippen molar-refractivity contribution in [3.8, 4) is 0 Å². The number of benzene rings is 1. The minimum Gasteiger partial charge on any atom is -0.383 e. The van der Waals surface area contributed by atoms with Crippen LogP contribution in [0.4, 0.5) is 5.69 Å². The Morgan fingerprint density at radius 2 is 2.06 bits per heavy atom. The van der Waals surface area contributed by atoms with E-state index in [0.717, 1.165) is 36.3 Å². The van der Waals surface area contributed by atoms with Crippen molar-refractivity contribution >= 4 is 17.7 Å². The molecule has 0 saturated carbocycles. The maximum absolute atomic E-state index is 13.1. The molecular weight excluding hydrogens is 440 g/mol. The summed E-state index contributed by atoms with van der Waals surface area (Å²) in [6.07, 6.45) is 8.68. The van der Waals surface area contributed by atoms with E-state index in [1.807, 2.05) is 30.9 Å². The Morgan fingerprint density at radius 3 is 2.77 bits per heavy atom. The number of amides is 1. The number of anilines is 1. The van der Waals surface area contributed by atoms with Gasteiger partial charge in [-0.05, 0) is 29.3 Å². The third kappa shape index (κ3) is 6.35. The molecule has 4 rings (SSSR count). The molecule has 3 aromatic rings. The number of carbonyl (C=O) groups is 1. The van der Waals surface area contributed by atoms with E-state index in [0.29, 0.717) is 31.9 Å². The first kappa shape index (κ1) is 24.6. The van der Waals surface area contributed by atoms with E-state index in [1.165, 1.54) is 11.3 Å². The standard InChI is InChI=1S/C27H34N6O2/c1-31(2)23-10-8-21(9-11-23)7-5-14-32-15-12-25-24(20-32)26(30-33(25)16-17-35-3)27(34)29-19-22-6-4-13-28-18-22/h4-11,13,18H,12,14-17,19-20H2,1-3H3,(H,29,34)/b7-5+. The van der Waals surface area contributed by atoms with Crippen LogP contribution in [-0.2, 0) is 30.8 Å². The Labute approximate surface area is 207 Å². The van der Waals surface area contributed by atoms with Gasteiger partial charge in [-0.25, -0.2) is 0 Å². The molecular formula is C27H34N6O2. The molecule has 0 spiro atoms. The normalized spacial score (nSPS) is 13.7. The van der Waals surface area contributed by atoms with Crippen molar-refractivity contribution in [3.63, 3.8) is 0 Å². The summed E-state index contributed by atoms with van der Waals surface area (Å²) in [6.45, 7) is 4.05. The quantitative estimate of drug-likeness (QED) is 0.487. The average molecular weight is 475 g/mol. The Kier molecular flexibility index (Phi) is 8.28. The lowest BCUT2D eigenvalue weighted by atomic mass is 10.0. The van der Waals surface area contributed by atoms with Crippen LogP contribution in [0.2, 0.25) is 0 Å². The van der Waals surface area contributed by atoms with Crippen molar-refractivity contribution in [3.05, 3.63) is 82.9 Å². The summed E-state index contributed by atoms with van der Waals surface area (Å²) in [5, 5.41) is 7.69. The largest absolute Gasteiger partial charge is 0.383 e. The van der Waals surface area contributed by atoms with Gasteiger partial charge < -0.3 is 15.0 Å². The summed E-state index contributed by atoms with van der Waals surface area (Å²) in [4.78, 5) is 21.6. The van der Waals surface area contributed by atoms with Crippen LogP contribution in [0.5, 0.6) is 0 Å². The number of pyridine rings is 1. The van der Waals surface area contributed by atoms with Crippen molar-refractivity contribution in [1.29, 1.82) is 0 Å². The second-order valence-corrected chi connectivity index (χ2v) is 8.91. The van der Waals surface area contributed by atoms with Gasteiger partial charge in [0.1, 0.15) is 0 Å². The zero-order valence-corrected chi connectivity index (χ0v) is 20.8. The lowest BCUT2D eigenvalue weighted by Gasteiger charge is -2.26. The van der Waals surface area contributed by atoms with E-state index in [-0.39, 0.29) is 5.91 Å². The molecule has 1 N–H and O–H groups in total. The highest BCUT2D eigenvalue weighted by Gasteiger charge is 2.27. The molecule has 1 amide bonds. The number of fused-ring (bicyclic) bond motifs is 1. The molecule has 184 valence electrons. The van der Waals surface area contributed by atoms with Crippen LogP contribution in [0.1, 0.15) is 32.9 Å². The van der Waals surface area contributed by atoms with Gasteiger partial charge in [-0.15, -0.1) is 0 Å². The van der Waals surface area contributed by atoms with Crippen molar-refractivity contribution in [1.82, 2.24) is 25.0 Å². The number of hydrogen-bond donors (Lipinski definition) is 1. The Bertz CT molecular complexity index is 1140. The highest BCUT2D eigenvalue weighted by atomic mass is 16.5. The van der Waals surface area contributed by atoms with Gasteiger partial charge in [-0.3, -0.25) is 19.4 Å². The third-order valence-corrected chi connectivity index (χ3v) is 6.19. The Morgan fingerprint density at radius 1 is 1.23 bits per heavy atom. The van der Waals surface area contributed by atoms with Gasteiger partial charge in [0, 0.05) is 83.1 Å². The molecule has 1 aromatic carbocycles. The van der Waals surface area contributed by atoms with Crippen LogP contribution in [0.25, 0.3) is 6.08 Å². The molecule has 0 bridgehead atoms. The van der Waals surface area contributed by atoms with Crippen LogP contribution in [0.15, 0.2) is 54.9 Å². The smallest absolute Gasteiger partial charge is 0.272 e. The lowest BCUT2D eigenvalue weighted by molar-refractivity contribution is 0.0942. The van der Waals surface area contributed by atoms with E-state index in [2.05, 4.69) is 61.6 Å². The molecule has 0 aliphatic carbocycles. The van der Waals surface area contributed by atoms with E-state index < -0.39 is 0 Å². The number of hydrogen-bond acceptors (Lipinski definition) is 6. The fourth-order valence-corrected chi connectivity index (χ4v) is 4.24. The minimum absolute atomic E-state index is 0.153. The number of nitrogens with one attached hydrogen (secondary N) is 1. The maximum Gasteiger partial charge on any atom is 0.272 e. The van der Waals surface area contributed by atoms with E-state index in [1.54, 1.807) is 19.5 Å². The van der Waals surface area contributed by atoms with Crippen LogP contribution < -0.4 is 10.2 Å². The summed E-state index contributed by atoms with van der Waals surface area (Å²) < 4.78 is 7.20. The van der Waals surface area contributed by atoms with Crippen molar-refractivity contribution < 1.29 is 9.53 Å². The molecule has 2 aromatic heterocycles. The minimum atomic E-state index is -0.153. The fourth-order valence-electron chi connectivity index (χ4n) is 4.24. The number of nitrogens with zero attached hydrogens (tertiary/aromatic N) is 5. The van der Waals surface area contributed by atoms with E-state index in [4.69, 9.17) is 4.74 Å². The molecule has 1 aliphatic heterocycles. The summed E-state index contributed by atoms with van der Waals surface area (Å²) in [6, 6.07) is 12.3. The predicted octanol–water partition coefficient (Wildman–Crippen LogP) is 2.99. The highest BCUT2D eigenvalue weighted by molar-refractivity contribution is 5.94. The van der Waals surface area contributed by atoms with Gasteiger partial charge in [0.05, 0.1) is 13.2 Å². The second kappa shape index (κ2) is 11.8. The van der Waals surface area contributed by atoms with Gasteiger partial charge in [-0.1, -0.05) is 30.4 Å². The van der Waals surface area contributed by atoms with Gasteiger partial charge in [0.25, 0.3) is 5.91 Å². The highest BCUT2D eigenvalue weighted by Crippen LogP contribution is 2.23. The molecule has 3 heterocycles. The van der Waals surface area contributed by atoms with E-state index >= 15 is 0 Å². The first-order valence-electron chi connectivity index (χ1n) is 12.0. The van der Waals surface area contributed by atoms with Gasteiger partial charge in [0.2, 0.25) is 0 Å². The molecule has 0 fully saturated rings. The first-order chi connectivity index (χ1) is 17.0. The maximum atomic E-state index is 13.1. The molecule has 35 heavy (non-hydrogen) atoms. The summed E-state index contributed by atoms with van der Waals surface area (Å²) in [5.74, 6) is -0.153. The van der Waals surface area contributed by atoms with Gasteiger partial charge in [0.15, 0.2) is 5.69 Å². The number of methoxy groups -OCH3 is 1. The van der Waals surface area contributed by atoms with Gasteiger partial charge >= 0.3 is 0 Å².